The first-order valence-electron chi connectivity index (χ1n) is 14.1. The number of rotatable bonds is 17. The molecule has 4 unspecified atom stereocenters. The van der Waals surface area contributed by atoms with E-state index < -0.39 is 60.2 Å². The van der Waals surface area contributed by atoms with Crippen molar-refractivity contribution < 1.29 is 39.3 Å². The van der Waals surface area contributed by atoms with Gasteiger partial charge in [-0.05, 0) is 48.7 Å². The molecule has 3 rings (SSSR count). The summed E-state index contributed by atoms with van der Waals surface area (Å²) in [6.07, 6.45) is 2.28. The Balaban J connectivity index is 1.89. The van der Waals surface area contributed by atoms with Gasteiger partial charge in [0.15, 0.2) is 0 Å². The van der Waals surface area contributed by atoms with Gasteiger partial charge in [-0.15, -0.1) is 0 Å². The minimum atomic E-state index is -1.75. The molecule has 2 aromatic carbocycles. The lowest BCUT2D eigenvalue weighted by Crippen LogP contribution is -2.58. The van der Waals surface area contributed by atoms with Crippen molar-refractivity contribution in [2.75, 3.05) is 6.54 Å². The standard InChI is InChI=1S/C30H38N6O8/c31-12-4-3-6-21(32)27(40)34-23(13-17-8-10-19(37)11-9-17)28(41)35-24(29(42)36-25(30(43)44)15-26(38)39)14-18-16-33-22-7-2-1-5-20(18)22/h1-2,5,7-11,16,21,23-25,33,37H,3-4,6,12-15,31-32H2,(H,34,40)(H,35,41)(H,36,42)(H,38,39)(H,43,44). The van der Waals surface area contributed by atoms with E-state index in [-0.39, 0.29) is 18.6 Å². The highest BCUT2D eigenvalue weighted by molar-refractivity contribution is 5.95. The van der Waals surface area contributed by atoms with Gasteiger partial charge >= 0.3 is 11.9 Å². The minimum absolute atomic E-state index is 0.00511. The van der Waals surface area contributed by atoms with Gasteiger partial charge in [0.05, 0.1) is 12.5 Å². The Morgan fingerprint density at radius 2 is 1.41 bits per heavy atom. The number of carboxylic acids is 2. The number of hydrogen-bond acceptors (Lipinski definition) is 8. The topological polar surface area (TPSA) is 250 Å². The largest absolute Gasteiger partial charge is 0.508 e. The number of nitrogens with two attached hydrogens (primary N) is 2. The summed E-state index contributed by atoms with van der Waals surface area (Å²) < 4.78 is 0. The first-order chi connectivity index (χ1) is 21.0. The third-order valence-corrected chi connectivity index (χ3v) is 7.04. The Hall–Kier alpha value is -4.95. The Morgan fingerprint density at radius 3 is 2.05 bits per heavy atom. The number of H-pyrrole nitrogens is 1. The van der Waals surface area contributed by atoms with Crippen LogP contribution < -0.4 is 27.4 Å². The van der Waals surface area contributed by atoms with Gasteiger partial charge in [-0.1, -0.05) is 36.8 Å². The number of phenols is 1. The summed E-state index contributed by atoms with van der Waals surface area (Å²) in [4.78, 5) is 66.0. The molecule has 0 aliphatic carbocycles. The Kier molecular flexibility index (Phi) is 12.2. The quantitative estimate of drug-likeness (QED) is 0.0934. The van der Waals surface area contributed by atoms with E-state index >= 15 is 0 Å². The number of benzene rings is 2. The van der Waals surface area contributed by atoms with E-state index in [2.05, 4.69) is 20.9 Å². The maximum absolute atomic E-state index is 13.7. The highest BCUT2D eigenvalue weighted by atomic mass is 16.4. The SMILES string of the molecule is NCCCCC(N)C(=O)NC(Cc1ccc(O)cc1)C(=O)NC(Cc1c[nH]c2ccccc12)C(=O)NC(CC(=O)O)C(=O)O. The second-order valence-corrected chi connectivity index (χ2v) is 10.4. The summed E-state index contributed by atoms with van der Waals surface area (Å²) in [6.45, 7) is 0.440. The number of unbranched alkanes of at least 4 members (excludes halogenated alkanes) is 1. The van der Waals surface area contributed by atoms with Crippen molar-refractivity contribution in [3.8, 4) is 5.75 Å². The monoisotopic (exact) mass is 610 g/mol. The highest BCUT2D eigenvalue weighted by Crippen LogP contribution is 2.20. The van der Waals surface area contributed by atoms with Crippen molar-refractivity contribution in [3.05, 3.63) is 65.9 Å². The molecule has 44 heavy (non-hydrogen) atoms. The molecular formula is C30H38N6O8. The third kappa shape index (κ3) is 9.81. The number of aromatic hydroxyl groups is 1. The zero-order valence-corrected chi connectivity index (χ0v) is 24.0. The van der Waals surface area contributed by atoms with E-state index in [1.807, 2.05) is 18.2 Å². The molecule has 14 heteroatoms. The number of hydrogen-bond donors (Lipinski definition) is 9. The maximum Gasteiger partial charge on any atom is 0.326 e. The lowest BCUT2D eigenvalue weighted by atomic mass is 10.0. The summed E-state index contributed by atoms with van der Waals surface area (Å²) in [5.41, 5.74) is 13.6. The van der Waals surface area contributed by atoms with E-state index in [1.165, 1.54) is 12.1 Å². The van der Waals surface area contributed by atoms with Crippen LogP contribution in [0.2, 0.25) is 0 Å². The van der Waals surface area contributed by atoms with Crippen LogP contribution in [0.4, 0.5) is 0 Å². The van der Waals surface area contributed by atoms with Crippen molar-refractivity contribution in [2.45, 2.75) is 62.7 Å². The summed E-state index contributed by atoms with van der Waals surface area (Å²) >= 11 is 0. The van der Waals surface area contributed by atoms with Crippen molar-refractivity contribution in [1.82, 2.24) is 20.9 Å². The highest BCUT2D eigenvalue weighted by Gasteiger charge is 2.32. The van der Waals surface area contributed by atoms with Crippen molar-refractivity contribution in [3.63, 3.8) is 0 Å². The predicted molar refractivity (Wildman–Crippen MR) is 160 cm³/mol. The van der Waals surface area contributed by atoms with Crippen LogP contribution in [-0.4, -0.2) is 80.7 Å². The van der Waals surface area contributed by atoms with Crippen LogP contribution in [0.25, 0.3) is 10.9 Å². The minimum Gasteiger partial charge on any atom is -0.508 e. The van der Waals surface area contributed by atoms with Gasteiger partial charge in [0.1, 0.15) is 23.9 Å². The first-order valence-corrected chi connectivity index (χ1v) is 14.1. The number of carboxylic acid groups (broad SMARTS) is 2. The van der Waals surface area contributed by atoms with Crippen LogP contribution in [0.3, 0.4) is 0 Å². The van der Waals surface area contributed by atoms with Gasteiger partial charge in [0.25, 0.3) is 0 Å². The zero-order chi connectivity index (χ0) is 32.2. The summed E-state index contributed by atoms with van der Waals surface area (Å²) in [5.74, 6) is -5.26. The Morgan fingerprint density at radius 1 is 0.795 bits per heavy atom. The number of aromatic amines is 1. The van der Waals surface area contributed by atoms with Crippen LogP contribution in [0, 0.1) is 0 Å². The van der Waals surface area contributed by atoms with E-state index in [0.29, 0.717) is 36.9 Å². The fourth-order valence-electron chi connectivity index (χ4n) is 4.64. The van der Waals surface area contributed by atoms with Gasteiger partial charge in [-0.3, -0.25) is 19.2 Å². The lowest BCUT2D eigenvalue weighted by Gasteiger charge is -2.25. The number of phenolic OH excluding ortho intramolecular Hbond substituents is 1. The molecule has 236 valence electrons. The fraction of sp³-hybridized carbons (Fsp3) is 0.367. The van der Waals surface area contributed by atoms with Gasteiger partial charge in [-0.2, -0.15) is 0 Å². The average molecular weight is 611 g/mol. The number of amides is 3. The molecule has 11 N–H and O–H groups in total. The molecule has 1 heterocycles. The second-order valence-electron chi connectivity index (χ2n) is 10.4. The van der Waals surface area contributed by atoms with Crippen LogP contribution >= 0.6 is 0 Å². The van der Waals surface area contributed by atoms with E-state index in [1.54, 1.807) is 24.4 Å². The fourth-order valence-corrected chi connectivity index (χ4v) is 4.64. The van der Waals surface area contributed by atoms with Crippen LogP contribution in [0.15, 0.2) is 54.7 Å². The average Bonchev–Trinajstić information content (AvgIpc) is 3.39. The number of para-hydroxylation sites is 1. The summed E-state index contributed by atoms with van der Waals surface area (Å²) in [6, 6.07) is 7.99. The number of fused-ring (bicyclic) bond motifs is 1. The predicted octanol–water partition coefficient (Wildman–Crippen LogP) is 0.129. The maximum atomic E-state index is 13.7. The molecule has 4 atom stereocenters. The summed E-state index contributed by atoms with van der Waals surface area (Å²) in [7, 11) is 0. The number of carbonyl (C=O) groups excluding carboxylic acids is 3. The molecule has 0 aliphatic heterocycles. The first kappa shape index (κ1) is 33.6. The number of aliphatic carboxylic acids is 2. The lowest BCUT2D eigenvalue weighted by molar-refractivity contribution is -0.147. The smallest absolute Gasteiger partial charge is 0.326 e. The van der Waals surface area contributed by atoms with Crippen LogP contribution in [-0.2, 0) is 36.8 Å². The molecule has 0 saturated heterocycles. The van der Waals surface area contributed by atoms with Crippen molar-refractivity contribution >= 4 is 40.6 Å². The van der Waals surface area contributed by atoms with Gasteiger partial charge in [0, 0.05) is 29.9 Å². The van der Waals surface area contributed by atoms with E-state index in [4.69, 9.17) is 16.6 Å². The molecular weight excluding hydrogens is 572 g/mol. The third-order valence-electron chi connectivity index (χ3n) is 7.04. The molecule has 14 nitrogen and oxygen atoms in total. The molecule has 0 saturated carbocycles. The number of carbonyl (C=O) groups is 5. The molecule has 3 aromatic rings. The van der Waals surface area contributed by atoms with Crippen molar-refractivity contribution in [1.29, 1.82) is 0 Å². The van der Waals surface area contributed by atoms with Gasteiger partial charge in [0.2, 0.25) is 17.7 Å². The normalized spacial score (nSPS) is 13.8. The van der Waals surface area contributed by atoms with Gasteiger partial charge < -0.3 is 47.7 Å². The van der Waals surface area contributed by atoms with Gasteiger partial charge in [-0.25, -0.2) is 4.79 Å². The molecule has 0 aliphatic rings. The van der Waals surface area contributed by atoms with Crippen LogP contribution in [0.5, 0.6) is 5.75 Å². The van der Waals surface area contributed by atoms with E-state index in [9.17, 15) is 34.2 Å². The Labute approximate surface area is 253 Å². The molecule has 0 fully saturated rings. The van der Waals surface area contributed by atoms with Crippen molar-refractivity contribution in [2.24, 2.45) is 11.5 Å². The molecule has 0 radical (unpaired) electrons. The zero-order valence-electron chi connectivity index (χ0n) is 24.0. The van der Waals surface area contributed by atoms with Crippen LogP contribution in [0.1, 0.15) is 36.8 Å². The van der Waals surface area contributed by atoms with E-state index in [0.717, 1.165) is 10.9 Å². The number of aromatic nitrogens is 1. The number of nitrogens with one attached hydrogen (secondary N) is 4. The summed E-state index contributed by atoms with van der Waals surface area (Å²) in [5, 5.41) is 36.5. The second kappa shape index (κ2) is 16.0. The molecule has 3 amide bonds. The molecule has 1 aromatic heterocycles. The molecule has 0 spiro atoms. The Bertz CT molecular complexity index is 1460. The molecule has 0 bridgehead atoms.